The Bertz CT molecular complexity index is 113. The fourth-order valence-electron chi connectivity index (χ4n) is 1.11. The van der Waals surface area contributed by atoms with Crippen LogP contribution >= 0.6 is 0 Å². The molecular formula is C8H17NO3. The lowest BCUT2D eigenvalue weighted by Crippen LogP contribution is -2.39. The Morgan fingerprint density at radius 3 is 3.00 bits per heavy atom. The van der Waals surface area contributed by atoms with E-state index in [9.17, 15) is 0 Å². The zero-order valence-electron chi connectivity index (χ0n) is 7.45. The number of nitrogens with one attached hydrogen (secondary N) is 1. The molecule has 1 heterocycles. The second-order valence-corrected chi connectivity index (χ2v) is 3.07. The summed E-state index contributed by atoms with van der Waals surface area (Å²) in [5.74, 6) is 0. The van der Waals surface area contributed by atoms with Gasteiger partial charge in [0.2, 0.25) is 0 Å². The highest BCUT2D eigenvalue weighted by molar-refractivity contribution is 4.64. The second kappa shape index (κ2) is 5.48. The molecule has 0 saturated carbocycles. The molecule has 0 spiro atoms. The van der Waals surface area contributed by atoms with Crippen LogP contribution in [0.5, 0.6) is 0 Å². The molecule has 0 bridgehead atoms. The van der Waals surface area contributed by atoms with Gasteiger partial charge in [0.25, 0.3) is 0 Å². The van der Waals surface area contributed by atoms with Gasteiger partial charge in [-0.15, -0.1) is 0 Å². The normalized spacial score (nSPS) is 27.0. The molecule has 1 aliphatic heterocycles. The van der Waals surface area contributed by atoms with Crippen LogP contribution in [0, 0.1) is 0 Å². The van der Waals surface area contributed by atoms with Crippen molar-refractivity contribution in [2.75, 3.05) is 32.9 Å². The molecule has 1 aliphatic rings. The lowest BCUT2D eigenvalue weighted by molar-refractivity contribution is -0.0867. The molecule has 0 radical (unpaired) electrons. The molecule has 72 valence electrons. The summed E-state index contributed by atoms with van der Waals surface area (Å²) in [6.07, 6.45) is -0.146. The largest absolute Gasteiger partial charge is 0.392 e. The number of hydrogen-bond donors (Lipinski definition) is 2. The lowest BCUT2D eigenvalue weighted by atomic mass is 10.3. The van der Waals surface area contributed by atoms with Gasteiger partial charge < -0.3 is 19.9 Å². The Hall–Kier alpha value is -0.160. The van der Waals surface area contributed by atoms with E-state index in [1.54, 1.807) is 6.92 Å². The van der Waals surface area contributed by atoms with Crippen LogP contribution in [0.25, 0.3) is 0 Å². The van der Waals surface area contributed by atoms with Crippen molar-refractivity contribution in [1.82, 2.24) is 5.32 Å². The van der Waals surface area contributed by atoms with E-state index in [1.807, 2.05) is 0 Å². The molecule has 1 rings (SSSR count). The Morgan fingerprint density at radius 1 is 1.58 bits per heavy atom. The molecule has 0 aromatic carbocycles. The maximum atomic E-state index is 8.95. The lowest BCUT2D eigenvalue weighted by Gasteiger charge is -2.23. The van der Waals surface area contributed by atoms with Crippen molar-refractivity contribution < 1.29 is 14.6 Å². The van der Waals surface area contributed by atoms with Gasteiger partial charge in [-0.25, -0.2) is 0 Å². The van der Waals surface area contributed by atoms with Crippen LogP contribution in [0.2, 0.25) is 0 Å². The van der Waals surface area contributed by atoms with E-state index in [0.717, 1.165) is 6.54 Å². The molecular weight excluding hydrogens is 158 g/mol. The first-order valence-electron chi connectivity index (χ1n) is 4.37. The van der Waals surface area contributed by atoms with E-state index in [-0.39, 0.29) is 12.2 Å². The SMILES string of the molecule is C[C@@H](O)CNCC1COCCO1. The Balaban J connectivity index is 1.98. The van der Waals surface area contributed by atoms with E-state index in [4.69, 9.17) is 14.6 Å². The van der Waals surface area contributed by atoms with E-state index in [1.165, 1.54) is 0 Å². The van der Waals surface area contributed by atoms with Crippen LogP contribution in [0.1, 0.15) is 6.92 Å². The van der Waals surface area contributed by atoms with Crippen molar-refractivity contribution in [3.63, 3.8) is 0 Å². The zero-order valence-corrected chi connectivity index (χ0v) is 7.45. The van der Waals surface area contributed by atoms with Crippen LogP contribution < -0.4 is 5.32 Å². The van der Waals surface area contributed by atoms with E-state index in [2.05, 4.69) is 5.32 Å². The minimum Gasteiger partial charge on any atom is -0.392 e. The highest BCUT2D eigenvalue weighted by Crippen LogP contribution is 1.98. The van der Waals surface area contributed by atoms with E-state index in [0.29, 0.717) is 26.4 Å². The smallest absolute Gasteiger partial charge is 0.0933 e. The van der Waals surface area contributed by atoms with E-state index >= 15 is 0 Å². The van der Waals surface area contributed by atoms with Crippen molar-refractivity contribution in [2.24, 2.45) is 0 Å². The molecule has 2 atom stereocenters. The van der Waals surface area contributed by atoms with Gasteiger partial charge >= 0.3 is 0 Å². The number of aliphatic hydroxyl groups excluding tert-OH is 1. The quantitative estimate of drug-likeness (QED) is 0.597. The number of aliphatic hydroxyl groups is 1. The minimum absolute atomic E-state index is 0.150. The molecule has 1 fully saturated rings. The van der Waals surface area contributed by atoms with Crippen LogP contribution in [0.3, 0.4) is 0 Å². The summed E-state index contributed by atoms with van der Waals surface area (Å²) in [7, 11) is 0. The van der Waals surface area contributed by atoms with Gasteiger partial charge in [0.15, 0.2) is 0 Å². The Kier molecular flexibility index (Phi) is 4.53. The zero-order chi connectivity index (χ0) is 8.81. The minimum atomic E-state index is -0.297. The van der Waals surface area contributed by atoms with Gasteiger partial charge in [0, 0.05) is 13.1 Å². The van der Waals surface area contributed by atoms with Crippen LogP contribution in [0.4, 0.5) is 0 Å². The van der Waals surface area contributed by atoms with Crippen molar-refractivity contribution in [1.29, 1.82) is 0 Å². The molecule has 0 aromatic heterocycles. The molecule has 4 heteroatoms. The van der Waals surface area contributed by atoms with Gasteiger partial charge in [-0.1, -0.05) is 0 Å². The highest BCUT2D eigenvalue weighted by atomic mass is 16.6. The van der Waals surface area contributed by atoms with Crippen molar-refractivity contribution in [2.45, 2.75) is 19.1 Å². The summed E-state index contributed by atoms with van der Waals surface area (Å²) in [6, 6.07) is 0. The average Bonchev–Trinajstić information content (AvgIpc) is 2.05. The molecule has 0 amide bonds. The summed E-state index contributed by atoms with van der Waals surface area (Å²) in [4.78, 5) is 0. The van der Waals surface area contributed by atoms with Crippen molar-refractivity contribution in [3.05, 3.63) is 0 Å². The fourth-order valence-corrected chi connectivity index (χ4v) is 1.11. The molecule has 4 nitrogen and oxygen atoms in total. The molecule has 1 unspecified atom stereocenters. The third-order valence-corrected chi connectivity index (χ3v) is 1.70. The third kappa shape index (κ3) is 4.01. The summed E-state index contributed by atoms with van der Waals surface area (Å²) >= 11 is 0. The standard InChI is InChI=1S/C8H17NO3/c1-7(10)4-9-5-8-6-11-2-3-12-8/h7-10H,2-6H2,1H3/t7-,8?/m1/s1. The van der Waals surface area contributed by atoms with Crippen LogP contribution in [0.15, 0.2) is 0 Å². The predicted molar refractivity (Wildman–Crippen MR) is 45.1 cm³/mol. The first-order valence-corrected chi connectivity index (χ1v) is 4.37. The average molecular weight is 175 g/mol. The maximum Gasteiger partial charge on any atom is 0.0933 e. The molecule has 1 saturated heterocycles. The van der Waals surface area contributed by atoms with Gasteiger partial charge in [-0.3, -0.25) is 0 Å². The molecule has 2 N–H and O–H groups in total. The predicted octanol–water partition coefficient (Wildman–Crippen LogP) is -0.628. The van der Waals surface area contributed by atoms with Crippen LogP contribution in [-0.4, -0.2) is 50.2 Å². The number of ether oxygens (including phenoxy) is 2. The Labute approximate surface area is 72.9 Å². The Morgan fingerprint density at radius 2 is 2.42 bits per heavy atom. The second-order valence-electron chi connectivity index (χ2n) is 3.07. The van der Waals surface area contributed by atoms with Crippen molar-refractivity contribution >= 4 is 0 Å². The summed E-state index contributed by atoms with van der Waals surface area (Å²) in [6.45, 7) is 5.16. The van der Waals surface area contributed by atoms with Gasteiger partial charge in [0.1, 0.15) is 0 Å². The van der Waals surface area contributed by atoms with Crippen molar-refractivity contribution in [3.8, 4) is 0 Å². The van der Waals surface area contributed by atoms with Gasteiger partial charge in [0.05, 0.1) is 32.0 Å². The monoisotopic (exact) mass is 175 g/mol. The first kappa shape index (κ1) is 9.92. The summed E-state index contributed by atoms with van der Waals surface area (Å²) in [5.41, 5.74) is 0. The van der Waals surface area contributed by atoms with Crippen LogP contribution in [-0.2, 0) is 9.47 Å². The maximum absolute atomic E-state index is 8.95. The molecule has 0 aliphatic carbocycles. The summed E-state index contributed by atoms with van der Waals surface area (Å²) < 4.78 is 10.6. The topological polar surface area (TPSA) is 50.7 Å². The number of hydrogen-bond acceptors (Lipinski definition) is 4. The molecule has 0 aromatic rings. The first-order chi connectivity index (χ1) is 5.79. The van der Waals surface area contributed by atoms with Gasteiger partial charge in [-0.05, 0) is 6.92 Å². The fraction of sp³-hybridized carbons (Fsp3) is 1.00. The number of rotatable bonds is 4. The van der Waals surface area contributed by atoms with Gasteiger partial charge in [-0.2, -0.15) is 0 Å². The third-order valence-electron chi connectivity index (χ3n) is 1.70. The highest BCUT2D eigenvalue weighted by Gasteiger charge is 2.13. The van der Waals surface area contributed by atoms with E-state index < -0.39 is 0 Å². The summed E-state index contributed by atoms with van der Waals surface area (Å²) in [5, 5.41) is 12.0. The molecule has 12 heavy (non-hydrogen) atoms.